The van der Waals surface area contributed by atoms with Crippen LogP contribution in [0.5, 0.6) is 0 Å². The number of rotatable bonds is 5. The Morgan fingerprint density at radius 1 is 0.711 bits per heavy atom. The van der Waals surface area contributed by atoms with Crippen molar-refractivity contribution >= 4 is 5.57 Å². The first-order chi connectivity index (χ1) is 16.6. The molecule has 1 spiro atoms. The van der Waals surface area contributed by atoms with Gasteiger partial charge in [-0.15, -0.1) is 0 Å². The number of unbranched alkanes of at least 4 members (excludes halogenated alkanes) is 2. The molecule has 0 aromatic heterocycles. The summed E-state index contributed by atoms with van der Waals surface area (Å²) in [5, 5.41) is 0. The van der Waals surface area contributed by atoms with Crippen molar-refractivity contribution in [2.24, 2.45) is 0 Å². The van der Waals surface area contributed by atoms with E-state index in [2.05, 4.69) is 120 Å². The number of allylic oxidation sites excluding steroid dienone is 4. The highest BCUT2D eigenvalue weighted by Gasteiger charge is 2.51. The lowest BCUT2D eigenvalue weighted by Crippen LogP contribution is -2.26. The highest BCUT2D eigenvalue weighted by atomic mass is 14.5. The van der Waals surface area contributed by atoms with Crippen molar-refractivity contribution in [3.8, 4) is 11.1 Å². The molecule has 0 saturated carbocycles. The lowest BCUT2D eigenvalue weighted by atomic mass is 9.69. The highest BCUT2D eigenvalue weighted by Crippen LogP contribution is 2.62. The SMILES string of the molecule is C.C.C.C.C/C=C\C1=C(C)c2c(C(C)CC)cccc2C12c1ccccc1-c1ccccc12.CCCCC. The van der Waals surface area contributed by atoms with Crippen molar-refractivity contribution in [2.45, 2.75) is 108 Å². The lowest BCUT2D eigenvalue weighted by molar-refractivity contribution is 0.725. The molecule has 0 radical (unpaired) electrons. The van der Waals surface area contributed by atoms with Crippen molar-refractivity contribution in [3.63, 3.8) is 0 Å². The van der Waals surface area contributed by atoms with Gasteiger partial charge in [0, 0.05) is 0 Å². The van der Waals surface area contributed by atoms with E-state index in [-0.39, 0.29) is 35.1 Å². The van der Waals surface area contributed by atoms with Gasteiger partial charge in [-0.05, 0) is 76.3 Å². The maximum absolute atomic E-state index is 2.38. The lowest BCUT2D eigenvalue weighted by Gasteiger charge is -2.32. The van der Waals surface area contributed by atoms with Crippen LogP contribution < -0.4 is 0 Å². The minimum Gasteiger partial charge on any atom is -0.0873 e. The summed E-state index contributed by atoms with van der Waals surface area (Å²) in [4.78, 5) is 0. The second-order valence-corrected chi connectivity index (χ2v) is 9.81. The first kappa shape index (κ1) is 35.1. The summed E-state index contributed by atoms with van der Waals surface area (Å²) in [5.74, 6) is 0.550. The van der Waals surface area contributed by atoms with Gasteiger partial charge in [0.25, 0.3) is 0 Å². The van der Waals surface area contributed by atoms with E-state index in [4.69, 9.17) is 0 Å². The average molecular weight is 513 g/mol. The molecule has 1 unspecified atom stereocenters. The number of hydrogen-bond acceptors (Lipinski definition) is 0. The van der Waals surface area contributed by atoms with E-state index >= 15 is 0 Å². The molecular formula is C38H56. The topological polar surface area (TPSA) is 0 Å². The summed E-state index contributed by atoms with van der Waals surface area (Å²) in [6.07, 6.45) is 9.80. The third-order valence-electron chi connectivity index (χ3n) is 7.82. The van der Waals surface area contributed by atoms with E-state index in [1.54, 1.807) is 0 Å². The van der Waals surface area contributed by atoms with Gasteiger partial charge in [0.2, 0.25) is 0 Å². The zero-order valence-corrected chi connectivity index (χ0v) is 21.9. The quantitative estimate of drug-likeness (QED) is 0.319. The zero-order chi connectivity index (χ0) is 24.3. The molecule has 0 fully saturated rings. The fraction of sp³-hybridized carbons (Fsp3) is 0.421. The molecule has 0 heterocycles. The maximum atomic E-state index is 2.38. The molecule has 0 aliphatic heterocycles. The molecule has 3 aromatic carbocycles. The summed E-state index contributed by atoms with van der Waals surface area (Å²) in [6, 6.07) is 25.0. The second kappa shape index (κ2) is 14.9. The fourth-order valence-electron chi connectivity index (χ4n) is 6.08. The van der Waals surface area contributed by atoms with Crippen molar-refractivity contribution in [1.29, 1.82) is 0 Å². The van der Waals surface area contributed by atoms with Crippen molar-refractivity contribution in [2.75, 3.05) is 0 Å². The van der Waals surface area contributed by atoms with Crippen LogP contribution in [-0.4, -0.2) is 0 Å². The minimum atomic E-state index is -0.206. The average Bonchev–Trinajstić information content (AvgIpc) is 3.31. The number of hydrogen-bond donors (Lipinski definition) is 0. The van der Waals surface area contributed by atoms with Crippen LogP contribution in [0.4, 0.5) is 0 Å². The molecule has 1 atom stereocenters. The van der Waals surface area contributed by atoms with Gasteiger partial charge in [-0.3, -0.25) is 0 Å². The first-order valence-electron chi connectivity index (χ1n) is 13.2. The van der Waals surface area contributed by atoms with Gasteiger partial charge in [0.15, 0.2) is 0 Å². The van der Waals surface area contributed by atoms with E-state index < -0.39 is 0 Å². The van der Waals surface area contributed by atoms with Gasteiger partial charge in [0.1, 0.15) is 0 Å². The van der Waals surface area contributed by atoms with E-state index in [1.165, 1.54) is 69.4 Å². The molecule has 0 amide bonds. The Labute approximate surface area is 236 Å². The molecule has 3 aromatic rings. The fourth-order valence-corrected chi connectivity index (χ4v) is 6.08. The van der Waals surface area contributed by atoms with Crippen molar-refractivity contribution < 1.29 is 0 Å². The summed E-state index contributed by atoms with van der Waals surface area (Å²) in [5.41, 5.74) is 12.7. The predicted octanol–water partition coefficient (Wildman–Crippen LogP) is 12.6. The molecule has 38 heavy (non-hydrogen) atoms. The van der Waals surface area contributed by atoms with Crippen LogP contribution >= 0.6 is 0 Å². The molecule has 0 N–H and O–H groups in total. The zero-order valence-electron chi connectivity index (χ0n) is 21.9. The largest absolute Gasteiger partial charge is 0.0873 e. The van der Waals surface area contributed by atoms with Crippen molar-refractivity contribution in [3.05, 3.63) is 112 Å². The van der Waals surface area contributed by atoms with Crippen molar-refractivity contribution in [1.82, 2.24) is 0 Å². The Kier molecular flexibility index (Phi) is 13.8. The summed E-state index contributed by atoms with van der Waals surface area (Å²) >= 11 is 0. The third-order valence-corrected chi connectivity index (χ3v) is 7.82. The molecule has 0 saturated heterocycles. The molecule has 2 aliphatic rings. The van der Waals surface area contributed by atoms with Gasteiger partial charge < -0.3 is 0 Å². The minimum absolute atomic E-state index is 0. The predicted molar refractivity (Wildman–Crippen MR) is 176 cm³/mol. The van der Waals surface area contributed by atoms with Crippen LogP contribution in [0.15, 0.2) is 84.5 Å². The van der Waals surface area contributed by atoms with E-state index in [0.717, 1.165) is 6.42 Å². The molecule has 5 rings (SSSR count). The number of benzene rings is 3. The van der Waals surface area contributed by atoms with Crippen LogP contribution in [0.3, 0.4) is 0 Å². The summed E-state index contributed by atoms with van der Waals surface area (Å²) < 4.78 is 0. The highest BCUT2D eigenvalue weighted by molar-refractivity contribution is 5.95. The Balaban J connectivity index is 0.00000140. The van der Waals surface area contributed by atoms with Crippen LogP contribution in [-0.2, 0) is 5.41 Å². The molecule has 2 aliphatic carbocycles. The molecular weight excluding hydrogens is 456 g/mol. The standard InChI is InChI=1S/C29H28.C5H12.4CH4/c1-5-12-24-20(4)28-21(19(3)6-2)15-11-18-27(28)29(24)25-16-9-7-13-22(25)23-14-8-10-17-26(23)29;1-3-5-4-2;;;;/h5,7-19H,6H2,1-4H3;3-5H2,1-2H3;4*1H4/b12-5-;;;;;. The third kappa shape index (κ3) is 5.33. The van der Waals surface area contributed by atoms with Crippen LogP contribution in [0.2, 0.25) is 0 Å². The first-order valence-corrected chi connectivity index (χ1v) is 13.2. The Morgan fingerprint density at radius 3 is 1.66 bits per heavy atom. The molecule has 0 nitrogen and oxygen atoms in total. The number of fused-ring (bicyclic) bond motifs is 7. The van der Waals surface area contributed by atoms with Gasteiger partial charge in [-0.25, -0.2) is 0 Å². The van der Waals surface area contributed by atoms with Crippen LogP contribution in [0, 0.1) is 0 Å². The van der Waals surface area contributed by atoms with E-state index in [9.17, 15) is 0 Å². The van der Waals surface area contributed by atoms with Crippen LogP contribution in [0.25, 0.3) is 16.7 Å². The summed E-state index contributed by atoms with van der Waals surface area (Å²) in [7, 11) is 0. The Hall–Kier alpha value is -2.86. The van der Waals surface area contributed by atoms with Crippen LogP contribution in [0.1, 0.15) is 131 Å². The normalized spacial score (nSPS) is 14.1. The monoisotopic (exact) mass is 512 g/mol. The molecule has 0 bridgehead atoms. The van der Waals surface area contributed by atoms with Gasteiger partial charge in [-0.2, -0.15) is 0 Å². The summed E-state index contributed by atoms with van der Waals surface area (Å²) in [6.45, 7) is 13.5. The van der Waals surface area contributed by atoms with E-state index in [1.807, 2.05) is 0 Å². The molecule has 0 heteroatoms. The molecule has 208 valence electrons. The van der Waals surface area contributed by atoms with E-state index in [0.29, 0.717) is 5.92 Å². The Morgan fingerprint density at radius 2 is 1.21 bits per heavy atom. The Bertz CT molecular complexity index is 1170. The second-order valence-electron chi connectivity index (χ2n) is 9.81. The van der Waals surface area contributed by atoms with Gasteiger partial charge in [-0.1, -0.05) is 156 Å². The smallest absolute Gasteiger partial charge is 0.0722 e. The van der Waals surface area contributed by atoms with Gasteiger partial charge >= 0.3 is 0 Å². The van der Waals surface area contributed by atoms with Gasteiger partial charge in [0.05, 0.1) is 5.41 Å². The maximum Gasteiger partial charge on any atom is 0.0722 e.